The standard InChI is InChI=1S/C5H12N2S.Ni/c1-6(2)5(8)7(3)4;/h1-4H3;. The van der Waals surface area contributed by atoms with Crippen LogP contribution in [0.2, 0.25) is 0 Å². The molecule has 2 nitrogen and oxygen atoms in total. The number of hydrogen-bond acceptors (Lipinski definition) is 1. The van der Waals surface area contributed by atoms with E-state index in [4.69, 9.17) is 12.2 Å². The summed E-state index contributed by atoms with van der Waals surface area (Å²) < 4.78 is 0. The van der Waals surface area contributed by atoms with Gasteiger partial charge in [-0.25, -0.2) is 0 Å². The van der Waals surface area contributed by atoms with Crippen LogP contribution in [0.1, 0.15) is 0 Å². The van der Waals surface area contributed by atoms with Crippen molar-refractivity contribution in [1.29, 1.82) is 0 Å². The van der Waals surface area contributed by atoms with Crippen molar-refractivity contribution in [3.05, 3.63) is 0 Å². The van der Waals surface area contributed by atoms with Gasteiger partial charge < -0.3 is 9.80 Å². The summed E-state index contributed by atoms with van der Waals surface area (Å²) >= 11 is 4.95. The zero-order valence-corrected chi connectivity index (χ0v) is 7.92. The van der Waals surface area contributed by atoms with Gasteiger partial charge in [0.1, 0.15) is 0 Å². The van der Waals surface area contributed by atoms with Gasteiger partial charge in [-0.1, -0.05) is 0 Å². The van der Waals surface area contributed by atoms with Gasteiger partial charge >= 0.3 is 0 Å². The fourth-order valence-electron chi connectivity index (χ4n) is 0.400. The molecule has 0 aliphatic carbocycles. The molecule has 0 saturated carbocycles. The van der Waals surface area contributed by atoms with Crippen LogP contribution in [-0.4, -0.2) is 43.1 Å². The van der Waals surface area contributed by atoms with Crippen LogP contribution in [0.25, 0.3) is 0 Å². The predicted octanol–water partition coefficient (Wildman–Crippen LogP) is 0.392. The second-order valence-electron chi connectivity index (χ2n) is 2.07. The first-order chi connectivity index (χ1) is 3.55. The monoisotopic (exact) mass is 190 g/mol. The van der Waals surface area contributed by atoms with Crippen molar-refractivity contribution in [2.75, 3.05) is 28.2 Å². The molecule has 58 valence electrons. The third-order valence-corrected chi connectivity index (χ3v) is 1.50. The molecule has 0 aliphatic rings. The molecular weight excluding hydrogens is 179 g/mol. The molecule has 0 N–H and O–H groups in total. The summed E-state index contributed by atoms with van der Waals surface area (Å²) in [6.07, 6.45) is 0. The van der Waals surface area contributed by atoms with E-state index >= 15 is 0 Å². The minimum atomic E-state index is 0. The molecule has 9 heavy (non-hydrogen) atoms. The average molecular weight is 191 g/mol. The Labute approximate surface area is 72.1 Å². The second kappa shape index (κ2) is 5.01. The van der Waals surface area contributed by atoms with E-state index in [0.29, 0.717) is 0 Å². The van der Waals surface area contributed by atoms with Gasteiger partial charge in [-0.3, -0.25) is 0 Å². The summed E-state index contributed by atoms with van der Waals surface area (Å²) in [5, 5.41) is 0.852. The molecule has 0 bridgehead atoms. The molecule has 0 rings (SSSR count). The van der Waals surface area contributed by atoms with E-state index in [1.807, 2.05) is 38.0 Å². The van der Waals surface area contributed by atoms with Gasteiger partial charge in [0.25, 0.3) is 0 Å². The van der Waals surface area contributed by atoms with Crippen LogP contribution in [0.5, 0.6) is 0 Å². The predicted molar refractivity (Wildman–Crippen MR) is 40.0 cm³/mol. The first kappa shape index (κ1) is 11.9. The minimum absolute atomic E-state index is 0. The third-order valence-electron chi connectivity index (χ3n) is 0.765. The number of nitrogens with zero attached hydrogens (tertiary/aromatic N) is 2. The Morgan fingerprint density at radius 2 is 1.22 bits per heavy atom. The second-order valence-corrected chi connectivity index (χ2v) is 2.44. The van der Waals surface area contributed by atoms with Crippen LogP contribution in [0.4, 0.5) is 0 Å². The van der Waals surface area contributed by atoms with Gasteiger partial charge in [0.2, 0.25) is 0 Å². The zero-order chi connectivity index (χ0) is 6.73. The van der Waals surface area contributed by atoms with Crippen LogP contribution < -0.4 is 0 Å². The summed E-state index contributed by atoms with van der Waals surface area (Å²) in [6.45, 7) is 0. The first-order valence-electron chi connectivity index (χ1n) is 2.44. The Balaban J connectivity index is 0. The van der Waals surface area contributed by atoms with Crippen LogP contribution in [0, 0.1) is 0 Å². The van der Waals surface area contributed by atoms with Crippen LogP contribution in [0.15, 0.2) is 0 Å². The third kappa shape index (κ3) is 4.67. The summed E-state index contributed by atoms with van der Waals surface area (Å²) in [5.41, 5.74) is 0. The van der Waals surface area contributed by atoms with Crippen molar-refractivity contribution in [2.24, 2.45) is 0 Å². The Morgan fingerprint density at radius 3 is 1.22 bits per heavy atom. The maximum atomic E-state index is 4.95. The maximum absolute atomic E-state index is 4.95. The summed E-state index contributed by atoms with van der Waals surface area (Å²) in [7, 11) is 7.73. The van der Waals surface area contributed by atoms with Crippen molar-refractivity contribution in [1.82, 2.24) is 9.80 Å². The Morgan fingerprint density at radius 1 is 1.00 bits per heavy atom. The van der Waals surface area contributed by atoms with Crippen molar-refractivity contribution in [2.45, 2.75) is 0 Å². The number of thiocarbonyl (C=S) groups is 1. The molecule has 0 radical (unpaired) electrons. The number of hydrogen-bond donors (Lipinski definition) is 0. The molecule has 0 amide bonds. The van der Waals surface area contributed by atoms with Crippen molar-refractivity contribution < 1.29 is 16.5 Å². The molecular formula is C5H12N2NiS. The molecule has 0 aromatic rings. The molecule has 0 spiro atoms. The topological polar surface area (TPSA) is 6.48 Å². The van der Waals surface area contributed by atoms with Gasteiger partial charge in [-0.2, -0.15) is 0 Å². The largest absolute Gasteiger partial charge is 0.355 e. The molecule has 0 heterocycles. The quantitative estimate of drug-likeness (QED) is 0.404. The summed E-state index contributed by atoms with van der Waals surface area (Å²) in [6, 6.07) is 0. The van der Waals surface area contributed by atoms with Gasteiger partial charge in [0, 0.05) is 44.7 Å². The Kier molecular flexibility index (Phi) is 6.63. The van der Waals surface area contributed by atoms with E-state index in [1.165, 1.54) is 0 Å². The molecule has 0 fully saturated rings. The SMILES string of the molecule is CN(C)C(=S)N(C)C.[Ni]. The van der Waals surface area contributed by atoms with Crippen LogP contribution >= 0.6 is 12.2 Å². The zero-order valence-electron chi connectivity index (χ0n) is 6.12. The van der Waals surface area contributed by atoms with E-state index < -0.39 is 0 Å². The average Bonchev–Trinajstić information content (AvgIpc) is 1.64. The maximum Gasteiger partial charge on any atom is 0.170 e. The minimum Gasteiger partial charge on any atom is -0.355 e. The van der Waals surface area contributed by atoms with E-state index in [9.17, 15) is 0 Å². The first-order valence-corrected chi connectivity index (χ1v) is 2.85. The Bertz CT molecular complexity index is 83.0. The fourth-order valence-corrected chi connectivity index (χ4v) is 0.400. The van der Waals surface area contributed by atoms with E-state index in [2.05, 4.69) is 0 Å². The van der Waals surface area contributed by atoms with Crippen LogP contribution in [-0.2, 0) is 16.5 Å². The van der Waals surface area contributed by atoms with Gasteiger partial charge in [-0.15, -0.1) is 0 Å². The normalized spacial score (nSPS) is 7.56. The Hall–Kier alpha value is 0.184. The van der Waals surface area contributed by atoms with Crippen molar-refractivity contribution in [3.63, 3.8) is 0 Å². The van der Waals surface area contributed by atoms with E-state index in [1.54, 1.807) is 0 Å². The number of rotatable bonds is 0. The van der Waals surface area contributed by atoms with Gasteiger partial charge in [0.15, 0.2) is 5.11 Å². The molecule has 0 atom stereocenters. The molecule has 0 aliphatic heterocycles. The molecule has 0 aromatic heterocycles. The van der Waals surface area contributed by atoms with Crippen molar-refractivity contribution in [3.8, 4) is 0 Å². The summed E-state index contributed by atoms with van der Waals surface area (Å²) in [4.78, 5) is 3.80. The van der Waals surface area contributed by atoms with Gasteiger partial charge in [0.05, 0.1) is 0 Å². The summed E-state index contributed by atoms with van der Waals surface area (Å²) in [5.74, 6) is 0. The molecule has 0 aromatic carbocycles. The molecule has 4 heteroatoms. The molecule has 0 saturated heterocycles. The van der Waals surface area contributed by atoms with E-state index in [-0.39, 0.29) is 16.5 Å². The van der Waals surface area contributed by atoms with Crippen LogP contribution in [0.3, 0.4) is 0 Å². The fraction of sp³-hybridized carbons (Fsp3) is 0.800. The van der Waals surface area contributed by atoms with E-state index in [0.717, 1.165) is 5.11 Å². The molecule has 0 unspecified atom stereocenters. The smallest absolute Gasteiger partial charge is 0.170 e. The van der Waals surface area contributed by atoms with Gasteiger partial charge in [-0.05, 0) is 12.2 Å². The van der Waals surface area contributed by atoms with Crippen molar-refractivity contribution >= 4 is 17.3 Å².